The Bertz CT molecular complexity index is 667. The second-order valence-electron chi connectivity index (χ2n) is 5.52. The molecule has 0 spiro atoms. The Hall–Kier alpha value is -1.57. The lowest BCUT2D eigenvalue weighted by Gasteiger charge is -2.27. The Labute approximate surface area is 139 Å². The van der Waals surface area contributed by atoms with Gasteiger partial charge in [-0.3, -0.25) is 4.79 Å². The molecule has 121 valence electrons. The van der Waals surface area contributed by atoms with Gasteiger partial charge in [0.15, 0.2) is 18.2 Å². The molecule has 2 aliphatic heterocycles. The van der Waals surface area contributed by atoms with E-state index in [1.54, 1.807) is 20.8 Å². The van der Waals surface area contributed by atoms with E-state index < -0.39 is 11.7 Å². The van der Waals surface area contributed by atoms with Crippen molar-refractivity contribution in [2.75, 3.05) is 32.1 Å². The number of amides is 1. The molecule has 1 N–H and O–H groups in total. The van der Waals surface area contributed by atoms with E-state index in [4.69, 9.17) is 21.0 Å². The minimum absolute atomic E-state index is 0.0109. The fourth-order valence-electron chi connectivity index (χ4n) is 2.80. The van der Waals surface area contributed by atoms with Gasteiger partial charge < -0.3 is 19.5 Å². The van der Waals surface area contributed by atoms with Crippen LogP contribution in [0.25, 0.3) is 6.08 Å². The van der Waals surface area contributed by atoms with Gasteiger partial charge in [0, 0.05) is 19.2 Å². The van der Waals surface area contributed by atoms with Crippen LogP contribution in [0.4, 0.5) is 10.1 Å². The third kappa shape index (κ3) is 3.52. The predicted octanol–water partition coefficient (Wildman–Crippen LogP) is 2.47. The van der Waals surface area contributed by atoms with E-state index in [9.17, 15) is 9.18 Å². The minimum Gasteiger partial charge on any atom is -0.480 e. The number of hydrogen-bond acceptors (Lipinski definition) is 4. The minimum atomic E-state index is -0.530. The first-order chi connectivity index (χ1) is 11.1. The average Bonchev–Trinajstić information content (AvgIpc) is 2.53. The second kappa shape index (κ2) is 6.90. The van der Waals surface area contributed by atoms with E-state index in [1.807, 2.05) is 4.81 Å². The van der Waals surface area contributed by atoms with Crippen LogP contribution in [-0.4, -0.2) is 45.1 Å². The van der Waals surface area contributed by atoms with Crippen LogP contribution in [0.15, 0.2) is 11.6 Å². The van der Waals surface area contributed by atoms with Crippen LogP contribution in [0, 0.1) is 5.82 Å². The number of fused-ring (bicyclic) bond motifs is 1. The third-order valence-corrected chi connectivity index (χ3v) is 4.06. The van der Waals surface area contributed by atoms with Gasteiger partial charge in [0.2, 0.25) is 0 Å². The lowest BCUT2D eigenvalue weighted by atomic mass is 9.97. The molecule has 1 amide bonds. The molecule has 0 atom stereocenters. The number of benzene rings is 1. The van der Waals surface area contributed by atoms with Crippen molar-refractivity contribution >= 4 is 36.9 Å². The van der Waals surface area contributed by atoms with Crippen LogP contribution in [0.5, 0.6) is 5.75 Å². The summed E-state index contributed by atoms with van der Waals surface area (Å²) in [5.41, 5.74) is 1.42. The van der Waals surface area contributed by atoms with Crippen molar-refractivity contribution in [1.82, 2.24) is 4.81 Å². The SMILES string of the molecule is CO[B]N1CCC/C(=C\c2cc(Cl)c3c(c2F)NC(=O)CO3)C1. The first-order valence-corrected chi connectivity index (χ1v) is 7.70. The van der Waals surface area contributed by atoms with Gasteiger partial charge in [-0.25, -0.2) is 4.39 Å². The maximum atomic E-state index is 14.7. The zero-order chi connectivity index (χ0) is 16.4. The van der Waals surface area contributed by atoms with Crippen molar-refractivity contribution in [3.05, 3.63) is 28.0 Å². The molecule has 0 unspecified atom stereocenters. The summed E-state index contributed by atoms with van der Waals surface area (Å²) >= 11 is 6.15. The van der Waals surface area contributed by atoms with Crippen molar-refractivity contribution in [2.45, 2.75) is 12.8 Å². The number of rotatable bonds is 3. The van der Waals surface area contributed by atoms with Crippen molar-refractivity contribution in [2.24, 2.45) is 0 Å². The highest BCUT2D eigenvalue weighted by Crippen LogP contribution is 2.40. The lowest BCUT2D eigenvalue weighted by molar-refractivity contribution is -0.118. The first kappa shape index (κ1) is 16.3. The topological polar surface area (TPSA) is 50.8 Å². The largest absolute Gasteiger partial charge is 0.480 e. The summed E-state index contributed by atoms with van der Waals surface area (Å²) in [5.74, 6) is -0.738. The number of ether oxygens (including phenoxy) is 1. The molecule has 1 radical (unpaired) electrons. The summed E-state index contributed by atoms with van der Waals surface area (Å²) in [4.78, 5) is 13.4. The average molecular weight is 338 g/mol. The number of carbonyl (C=O) groups is 1. The van der Waals surface area contributed by atoms with Gasteiger partial charge >= 0.3 is 7.62 Å². The highest BCUT2D eigenvalue weighted by Gasteiger charge is 2.25. The molecular weight excluding hydrogens is 321 g/mol. The maximum Gasteiger partial charge on any atom is 0.398 e. The molecular formula is C15H16BClFN2O3. The standard InChI is InChI=1S/C15H16BClFN2O3/c1-22-16-20-4-2-3-9(7-20)5-10-6-11(17)15-14(13(10)18)19-12(21)8-23-15/h5-6H,2-4,7-8H2,1H3,(H,19,21)/b9-5+. The van der Waals surface area contributed by atoms with E-state index in [2.05, 4.69) is 5.32 Å². The molecule has 0 aromatic heterocycles. The summed E-state index contributed by atoms with van der Waals surface area (Å²) < 4.78 is 24.9. The Morgan fingerprint density at radius 3 is 3.17 bits per heavy atom. The van der Waals surface area contributed by atoms with Crippen LogP contribution in [-0.2, 0) is 9.45 Å². The number of hydrogen-bond donors (Lipinski definition) is 1. The van der Waals surface area contributed by atoms with E-state index in [1.165, 1.54) is 6.07 Å². The quantitative estimate of drug-likeness (QED) is 0.861. The number of anilines is 1. The molecule has 1 aromatic carbocycles. The monoisotopic (exact) mass is 337 g/mol. The highest BCUT2D eigenvalue weighted by molar-refractivity contribution is 6.33. The van der Waals surface area contributed by atoms with E-state index in [0.29, 0.717) is 12.1 Å². The first-order valence-electron chi connectivity index (χ1n) is 7.32. The van der Waals surface area contributed by atoms with Crippen molar-refractivity contribution in [3.63, 3.8) is 0 Å². The summed E-state index contributed by atoms with van der Waals surface area (Å²) in [6.45, 7) is 1.42. The number of nitrogens with zero attached hydrogens (tertiary/aromatic N) is 1. The van der Waals surface area contributed by atoms with Crippen molar-refractivity contribution in [3.8, 4) is 5.75 Å². The van der Waals surface area contributed by atoms with Crippen LogP contribution in [0.2, 0.25) is 5.02 Å². The summed E-state index contributed by atoms with van der Waals surface area (Å²) in [7, 11) is 3.26. The van der Waals surface area contributed by atoms with Crippen LogP contribution >= 0.6 is 11.6 Å². The Morgan fingerprint density at radius 1 is 1.57 bits per heavy atom. The normalized spacial score (nSPS) is 20.0. The fraction of sp³-hybridized carbons (Fsp3) is 0.400. The van der Waals surface area contributed by atoms with Gasteiger partial charge in [-0.15, -0.1) is 0 Å². The molecule has 0 aliphatic carbocycles. The van der Waals surface area contributed by atoms with Gasteiger partial charge in [-0.05, 0) is 25.5 Å². The van der Waals surface area contributed by atoms with E-state index >= 15 is 0 Å². The molecule has 0 saturated carbocycles. The van der Waals surface area contributed by atoms with Crippen molar-refractivity contribution in [1.29, 1.82) is 0 Å². The summed E-state index contributed by atoms with van der Waals surface area (Å²) in [6.07, 6.45) is 3.62. The molecule has 23 heavy (non-hydrogen) atoms. The van der Waals surface area contributed by atoms with Crippen LogP contribution < -0.4 is 10.1 Å². The smallest absolute Gasteiger partial charge is 0.398 e. The Morgan fingerprint density at radius 2 is 2.39 bits per heavy atom. The van der Waals surface area contributed by atoms with E-state index in [0.717, 1.165) is 25.0 Å². The molecule has 8 heteroatoms. The summed E-state index contributed by atoms with van der Waals surface area (Å²) in [5, 5.41) is 2.77. The molecule has 5 nitrogen and oxygen atoms in total. The second-order valence-corrected chi connectivity index (χ2v) is 5.93. The van der Waals surface area contributed by atoms with Gasteiger partial charge in [0.25, 0.3) is 5.91 Å². The zero-order valence-corrected chi connectivity index (χ0v) is 13.5. The fourth-order valence-corrected chi connectivity index (χ4v) is 3.07. The molecule has 1 fully saturated rings. The van der Waals surface area contributed by atoms with E-state index in [-0.39, 0.29) is 23.1 Å². The van der Waals surface area contributed by atoms with Crippen LogP contribution in [0.1, 0.15) is 18.4 Å². The Balaban J connectivity index is 1.91. The third-order valence-electron chi connectivity index (χ3n) is 3.77. The highest BCUT2D eigenvalue weighted by atomic mass is 35.5. The maximum absolute atomic E-state index is 14.7. The predicted molar refractivity (Wildman–Crippen MR) is 87.1 cm³/mol. The van der Waals surface area contributed by atoms with Gasteiger partial charge in [0.1, 0.15) is 5.69 Å². The lowest BCUT2D eigenvalue weighted by Crippen LogP contribution is -2.35. The molecule has 0 bridgehead atoms. The van der Waals surface area contributed by atoms with Crippen molar-refractivity contribution < 1.29 is 18.6 Å². The number of carbonyl (C=O) groups excluding carboxylic acids is 1. The molecule has 2 aliphatic rings. The molecule has 1 saturated heterocycles. The molecule has 1 aromatic rings. The molecule has 2 heterocycles. The zero-order valence-electron chi connectivity index (χ0n) is 12.7. The number of nitrogens with one attached hydrogen (secondary N) is 1. The van der Waals surface area contributed by atoms with Gasteiger partial charge in [-0.2, -0.15) is 0 Å². The Kier molecular flexibility index (Phi) is 4.89. The number of halogens is 2. The summed E-state index contributed by atoms with van der Waals surface area (Å²) in [6, 6.07) is 1.53. The van der Waals surface area contributed by atoms with Gasteiger partial charge in [-0.1, -0.05) is 23.3 Å². The molecule has 3 rings (SSSR count). The van der Waals surface area contributed by atoms with Gasteiger partial charge in [0.05, 0.1) is 5.02 Å². The van der Waals surface area contributed by atoms with Crippen LogP contribution in [0.3, 0.4) is 0 Å². The number of piperidine rings is 1.